The highest BCUT2D eigenvalue weighted by molar-refractivity contribution is 6.30. The second-order valence-corrected chi connectivity index (χ2v) is 7.52. The Morgan fingerprint density at radius 1 is 1.07 bits per heavy atom. The van der Waals surface area contributed by atoms with E-state index in [0.29, 0.717) is 42.7 Å². The number of hydrogen-bond acceptors (Lipinski definition) is 6. The summed E-state index contributed by atoms with van der Waals surface area (Å²) in [4.78, 5) is 21.2. The molecule has 0 aliphatic carbocycles. The SMILES string of the molecule is COc1ccc(N2CCN(C(=O)CCc3nc(-c4ccc(Cl)cc4)no3)CC2)cc1. The average molecular weight is 427 g/mol. The van der Waals surface area contributed by atoms with Crippen molar-refractivity contribution in [2.24, 2.45) is 0 Å². The standard InChI is InChI=1S/C22H23ClN4O3/c1-29-19-8-6-18(7-9-19)26-12-14-27(15-13-26)21(28)11-10-20-24-22(25-30-20)16-2-4-17(23)5-3-16/h2-9H,10-15H2,1H3. The first-order valence-electron chi connectivity index (χ1n) is 9.87. The fraction of sp³-hybridized carbons (Fsp3) is 0.318. The lowest BCUT2D eigenvalue weighted by molar-refractivity contribution is -0.131. The topological polar surface area (TPSA) is 71.7 Å². The highest BCUT2D eigenvalue weighted by Gasteiger charge is 2.22. The highest BCUT2D eigenvalue weighted by Crippen LogP contribution is 2.21. The first kappa shape index (κ1) is 20.2. The molecule has 0 radical (unpaired) electrons. The van der Waals surface area contributed by atoms with Crippen molar-refractivity contribution >= 4 is 23.2 Å². The van der Waals surface area contributed by atoms with Crippen LogP contribution in [0.25, 0.3) is 11.4 Å². The van der Waals surface area contributed by atoms with Crippen LogP contribution in [0.2, 0.25) is 5.02 Å². The molecule has 4 rings (SSSR count). The van der Waals surface area contributed by atoms with Gasteiger partial charge in [-0.15, -0.1) is 0 Å². The van der Waals surface area contributed by atoms with Crippen LogP contribution in [0.4, 0.5) is 5.69 Å². The van der Waals surface area contributed by atoms with E-state index in [1.807, 2.05) is 41.3 Å². The van der Waals surface area contributed by atoms with Gasteiger partial charge in [-0.2, -0.15) is 4.98 Å². The quantitative estimate of drug-likeness (QED) is 0.598. The van der Waals surface area contributed by atoms with E-state index in [-0.39, 0.29) is 5.91 Å². The van der Waals surface area contributed by atoms with Gasteiger partial charge >= 0.3 is 0 Å². The van der Waals surface area contributed by atoms with E-state index in [4.69, 9.17) is 20.9 Å². The molecule has 1 aromatic heterocycles. The molecule has 8 heteroatoms. The first-order chi connectivity index (χ1) is 14.6. The lowest BCUT2D eigenvalue weighted by Gasteiger charge is -2.36. The van der Waals surface area contributed by atoms with Gasteiger partial charge < -0.3 is 19.1 Å². The summed E-state index contributed by atoms with van der Waals surface area (Å²) in [7, 11) is 1.66. The molecule has 1 amide bonds. The molecule has 1 fully saturated rings. The molecule has 0 unspecified atom stereocenters. The zero-order valence-electron chi connectivity index (χ0n) is 16.8. The Labute approximate surface area is 180 Å². The number of nitrogens with zero attached hydrogens (tertiary/aromatic N) is 4. The first-order valence-corrected chi connectivity index (χ1v) is 10.3. The van der Waals surface area contributed by atoms with Crippen LogP contribution in [0.15, 0.2) is 53.1 Å². The van der Waals surface area contributed by atoms with Crippen molar-refractivity contribution in [3.8, 4) is 17.1 Å². The molecule has 7 nitrogen and oxygen atoms in total. The predicted octanol–water partition coefficient (Wildman–Crippen LogP) is 3.68. The third-order valence-electron chi connectivity index (χ3n) is 5.19. The molecule has 0 saturated carbocycles. The Balaban J connectivity index is 1.26. The van der Waals surface area contributed by atoms with Crippen LogP contribution in [-0.4, -0.2) is 54.2 Å². The van der Waals surface area contributed by atoms with Gasteiger partial charge in [0.05, 0.1) is 7.11 Å². The number of carbonyl (C=O) groups is 1. The zero-order valence-corrected chi connectivity index (χ0v) is 17.5. The predicted molar refractivity (Wildman–Crippen MR) is 115 cm³/mol. The molecule has 1 saturated heterocycles. The van der Waals surface area contributed by atoms with Gasteiger partial charge in [0.15, 0.2) is 0 Å². The number of anilines is 1. The van der Waals surface area contributed by atoms with Gasteiger partial charge in [0.25, 0.3) is 0 Å². The molecule has 30 heavy (non-hydrogen) atoms. The fourth-order valence-electron chi connectivity index (χ4n) is 3.45. The number of rotatable bonds is 6. The summed E-state index contributed by atoms with van der Waals surface area (Å²) >= 11 is 5.90. The van der Waals surface area contributed by atoms with E-state index in [0.717, 1.165) is 30.1 Å². The van der Waals surface area contributed by atoms with Crippen LogP contribution in [0.1, 0.15) is 12.3 Å². The Bertz CT molecular complexity index is 980. The number of halogens is 1. The van der Waals surface area contributed by atoms with E-state index in [9.17, 15) is 4.79 Å². The van der Waals surface area contributed by atoms with Crippen molar-refractivity contribution in [3.05, 3.63) is 59.4 Å². The summed E-state index contributed by atoms with van der Waals surface area (Å²) in [5, 5.41) is 4.65. The van der Waals surface area contributed by atoms with E-state index in [1.54, 1.807) is 19.2 Å². The lowest BCUT2D eigenvalue weighted by atomic mass is 10.2. The van der Waals surface area contributed by atoms with Crippen molar-refractivity contribution in [1.82, 2.24) is 15.0 Å². The molecular weight excluding hydrogens is 404 g/mol. The number of aromatic nitrogens is 2. The van der Waals surface area contributed by atoms with Crippen LogP contribution in [0.5, 0.6) is 5.75 Å². The van der Waals surface area contributed by atoms with Gasteiger partial charge in [-0.05, 0) is 48.5 Å². The van der Waals surface area contributed by atoms with Gasteiger partial charge in [-0.25, -0.2) is 0 Å². The zero-order chi connectivity index (χ0) is 20.9. The smallest absolute Gasteiger partial charge is 0.227 e. The fourth-order valence-corrected chi connectivity index (χ4v) is 3.58. The van der Waals surface area contributed by atoms with Crippen LogP contribution in [0, 0.1) is 0 Å². The van der Waals surface area contributed by atoms with E-state index in [2.05, 4.69) is 15.0 Å². The number of ether oxygens (including phenoxy) is 1. The summed E-state index contributed by atoms with van der Waals surface area (Å²) < 4.78 is 10.5. The number of aryl methyl sites for hydroxylation is 1. The minimum atomic E-state index is 0.107. The van der Waals surface area contributed by atoms with Gasteiger partial charge in [-0.1, -0.05) is 16.8 Å². The molecular formula is C22H23ClN4O3. The molecule has 0 N–H and O–H groups in total. The normalized spacial score (nSPS) is 14.1. The van der Waals surface area contributed by atoms with Gasteiger partial charge in [0.1, 0.15) is 5.75 Å². The molecule has 3 aromatic rings. The number of methoxy groups -OCH3 is 1. The van der Waals surface area contributed by atoms with Gasteiger partial charge in [-0.3, -0.25) is 4.79 Å². The maximum atomic E-state index is 12.6. The number of piperazine rings is 1. The van der Waals surface area contributed by atoms with Crippen molar-refractivity contribution in [1.29, 1.82) is 0 Å². The minimum absolute atomic E-state index is 0.107. The van der Waals surface area contributed by atoms with Crippen LogP contribution in [0.3, 0.4) is 0 Å². The van der Waals surface area contributed by atoms with Crippen LogP contribution < -0.4 is 9.64 Å². The third-order valence-corrected chi connectivity index (χ3v) is 5.45. The summed E-state index contributed by atoms with van der Waals surface area (Å²) in [6.07, 6.45) is 0.781. The van der Waals surface area contributed by atoms with Gasteiger partial charge in [0.2, 0.25) is 17.6 Å². The molecule has 0 atom stereocenters. The number of carbonyl (C=O) groups excluding carboxylic acids is 1. The van der Waals surface area contributed by atoms with Crippen molar-refractivity contribution in [2.75, 3.05) is 38.2 Å². The number of amides is 1. The summed E-state index contributed by atoms with van der Waals surface area (Å²) in [6.45, 7) is 3.01. The number of benzene rings is 2. The summed E-state index contributed by atoms with van der Waals surface area (Å²) in [6, 6.07) is 15.2. The molecule has 1 aliphatic heterocycles. The van der Waals surface area contributed by atoms with E-state index >= 15 is 0 Å². The molecule has 0 bridgehead atoms. The van der Waals surface area contributed by atoms with Crippen molar-refractivity contribution in [2.45, 2.75) is 12.8 Å². The van der Waals surface area contributed by atoms with E-state index in [1.165, 1.54) is 0 Å². The largest absolute Gasteiger partial charge is 0.497 e. The Hall–Kier alpha value is -3.06. The summed E-state index contributed by atoms with van der Waals surface area (Å²) in [5.74, 6) is 1.91. The Morgan fingerprint density at radius 2 is 1.77 bits per heavy atom. The number of hydrogen-bond donors (Lipinski definition) is 0. The monoisotopic (exact) mass is 426 g/mol. The van der Waals surface area contributed by atoms with Crippen molar-refractivity contribution < 1.29 is 14.1 Å². The second kappa shape index (κ2) is 9.17. The Kier molecular flexibility index (Phi) is 6.18. The van der Waals surface area contributed by atoms with Crippen molar-refractivity contribution in [3.63, 3.8) is 0 Å². The summed E-state index contributed by atoms with van der Waals surface area (Å²) in [5.41, 5.74) is 1.97. The lowest BCUT2D eigenvalue weighted by Crippen LogP contribution is -2.48. The third kappa shape index (κ3) is 4.74. The van der Waals surface area contributed by atoms with E-state index < -0.39 is 0 Å². The van der Waals surface area contributed by atoms with Gasteiger partial charge in [0, 0.05) is 55.3 Å². The Morgan fingerprint density at radius 3 is 2.43 bits per heavy atom. The maximum absolute atomic E-state index is 12.6. The molecule has 2 aromatic carbocycles. The average Bonchev–Trinajstić information content (AvgIpc) is 3.27. The maximum Gasteiger partial charge on any atom is 0.227 e. The minimum Gasteiger partial charge on any atom is -0.497 e. The molecule has 1 aliphatic rings. The van der Waals surface area contributed by atoms with Crippen LogP contribution in [-0.2, 0) is 11.2 Å². The van der Waals surface area contributed by atoms with Crippen LogP contribution >= 0.6 is 11.6 Å². The molecule has 156 valence electrons. The molecule has 2 heterocycles. The molecule has 0 spiro atoms. The highest BCUT2D eigenvalue weighted by atomic mass is 35.5. The second-order valence-electron chi connectivity index (χ2n) is 7.08.